The highest BCUT2D eigenvalue weighted by molar-refractivity contribution is 7.71. The van der Waals surface area contributed by atoms with Crippen molar-refractivity contribution < 1.29 is 4.79 Å². The third-order valence-corrected chi connectivity index (χ3v) is 5.99. The molecule has 0 bridgehead atoms. The lowest BCUT2D eigenvalue weighted by Crippen LogP contribution is -2.32. The first kappa shape index (κ1) is 19.7. The summed E-state index contributed by atoms with van der Waals surface area (Å²) in [6.45, 7) is 0.492. The smallest absolute Gasteiger partial charge is 0.267 e. The van der Waals surface area contributed by atoms with Crippen LogP contribution >= 0.6 is 12.2 Å². The van der Waals surface area contributed by atoms with Crippen molar-refractivity contribution in [1.82, 2.24) is 20.1 Å². The number of nitrogens with zero attached hydrogens (tertiary/aromatic N) is 4. The summed E-state index contributed by atoms with van der Waals surface area (Å²) in [6, 6.07) is 20.6. The summed E-state index contributed by atoms with van der Waals surface area (Å²) < 4.78 is 2.74. The lowest BCUT2D eigenvalue weighted by Gasteiger charge is -2.23. The van der Waals surface area contributed by atoms with Crippen LogP contribution < -0.4 is 10.3 Å². The second-order valence-corrected chi connectivity index (χ2v) is 8.30. The molecular weight excluding hydrogens is 408 g/mol. The first-order valence-corrected chi connectivity index (χ1v) is 11.0. The summed E-state index contributed by atoms with van der Waals surface area (Å²) in [5.41, 5.74) is 2.65. The number of nitrogens with one attached hydrogen (secondary N) is 2. The molecule has 3 aromatic rings. The van der Waals surface area contributed by atoms with Crippen molar-refractivity contribution in [2.45, 2.75) is 37.8 Å². The number of H-pyrrole nitrogens is 1. The van der Waals surface area contributed by atoms with Gasteiger partial charge in [-0.2, -0.15) is 10.2 Å². The van der Waals surface area contributed by atoms with Gasteiger partial charge in [0.05, 0.1) is 11.7 Å². The van der Waals surface area contributed by atoms with Crippen molar-refractivity contribution >= 4 is 29.5 Å². The predicted octanol–water partition coefficient (Wildman–Crippen LogP) is 3.94. The van der Waals surface area contributed by atoms with Crippen molar-refractivity contribution in [1.29, 1.82) is 0 Å². The maximum atomic E-state index is 12.9. The van der Waals surface area contributed by atoms with E-state index in [1.54, 1.807) is 0 Å². The van der Waals surface area contributed by atoms with Crippen LogP contribution in [0.15, 0.2) is 65.8 Å². The monoisotopic (exact) mass is 432 g/mol. The fourth-order valence-corrected chi connectivity index (χ4v) is 4.31. The maximum Gasteiger partial charge on any atom is 0.267 e. The van der Waals surface area contributed by atoms with E-state index in [4.69, 9.17) is 17.3 Å². The molecule has 1 saturated carbocycles. The van der Waals surface area contributed by atoms with E-state index in [0.29, 0.717) is 35.9 Å². The Hall–Kier alpha value is -3.26. The Morgan fingerprint density at radius 1 is 1.10 bits per heavy atom. The molecule has 0 saturated heterocycles. The highest BCUT2D eigenvalue weighted by atomic mass is 32.1. The van der Waals surface area contributed by atoms with Crippen LogP contribution in [0.3, 0.4) is 0 Å². The molecule has 31 heavy (non-hydrogen) atoms. The summed E-state index contributed by atoms with van der Waals surface area (Å²) in [4.78, 5) is 12.9. The Balaban J connectivity index is 1.29. The largest absolute Gasteiger partial charge is 0.350 e. The number of benzene rings is 2. The fraction of sp³-hybridized carbons (Fsp3) is 0.304. The number of aromatic nitrogens is 3. The summed E-state index contributed by atoms with van der Waals surface area (Å²) in [5.74, 6) is 0.765. The van der Waals surface area contributed by atoms with Gasteiger partial charge in [0.25, 0.3) is 5.91 Å². The van der Waals surface area contributed by atoms with Gasteiger partial charge in [-0.05, 0) is 42.8 Å². The van der Waals surface area contributed by atoms with Crippen LogP contribution in [-0.4, -0.2) is 32.9 Å². The third-order valence-electron chi connectivity index (χ3n) is 5.70. The van der Waals surface area contributed by atoms with Gasteiger partial charge in [-0.3, -0.25) is 14.9 Å². The van der Waals surface area contributed by atoms with E-state index < -0.39 is 0 Å². The van der Waals surface area contributed by atoms with Crippen molar-refractivity contribution in [2.24, 2.45) is 5.10 Å². The molecule has 0 spiro atoms. The lowest BCUT2D eigenvalue weighted by atomic mass is 10.0. The highest BCUT2D eigenvalue weighted by Crippen LogP contribution is 2.36. The van der Waals surface area contributed by atoms with Gasteiger partial charge in [-0.1, -0.05) is 48.5 Å². The first-order chi connectivity index (χ1) is 15.2. The van der Waals surface area contributed by atoms with Crippen LogP contribution in [0.1, 0.15) is 42.7 Å². The molecule has 1 unspecified atom stereocenters. The summed E-state index contributed by atoms with van der Waals surface area (Å²) >= 11 is 5.33. The molecule has 1 aliphatic heterocycles. The minimum Gasteiger partial charge on any atom is -0.350 e. The van der Waals surface area contributed by atoms with Crippen LogP contribution in [0.5, 0.6) is 0 Å². The molecular formula is C23H24N6OS. The van der Waals surface area contributed by atoms with E-state index in [0.717, 1.165) is 29.9 Å². The molecule has 1 aromatic heterocycles. The Morgan fingerprint density at radius 2 is 1.81 bits per heavy atom. The van der Waals surface area contributed by atoms with E-state index in [2.05, 4.69) is 32.2 Å². The molecule has 7 nitrogen and oxygen atoms in total. The SMILES string of the molecule is O=C(NCCc1n[nH]c(=S)n1C1CC1)C1=NN(c2ccccc2)C(c2ccccc2)C1. The molecule has 2 aromatic carbocycles. The van der Waals surface area contributed by atoms with E-state index in [1.165, 1.54) is 0 Å². The van der Waals surface area contributed by atoms with E-state index in [1.807, 2.05) is 53.5 Å². The quantitative estimate of drug-likeness (QED) is 0.555. The molecule has 8 heteroatoms. The molecule has 1 fully saturated rings. The average molecular weight is 433 g/mol. The number of para-hydroxylation sites is 1. The molecule has 1 atom stereocenters. The van der Waals surface area contributed by atoms with Gasteiger partial charge >= 0.3 is 0 Å². The number of rotatable bonds is 7. The van der Waals surface area contributed by atoms with Crippen LogP contribution in [0, 0.1) is 4.77 Å². The molecule has 2 aliphatic rings. The first-order valence-electron chi connectivity index (χ1n) is 10.6. The van der Waals surface area contributed by atoms with Crippen LogP contribution in [0.25, 0.3) is 0 Å². The minimum atomic E-state index is -0.133. The Bertz CT molecular complexity index is 1150. The van der Waals surface area contributed by atoms with Crippen molar-refractivity contribution in [3.8, 4) is 0 Å². The Morgan fingerprint density at radius 3 is 2.52 bits per heavy atom. The van der Waals surface area contributed by atoms with Gasteiger partial charge in [0.2, 0.25) is 0 Å². The molecule has 0 radical (unpaired) electrons. The fourth-order valence-electron chi connectivity index (χ4n) is 4.01. The van der Waals surface area contributed by atoms with Gasteiger partial charge in [0, 0.05) is 25.4 Å². The van der Waals surface area contributed by atoms with Gasteiger partial charge in [0.1, 0.15) is 11.5 Å². The second kappa shape index (κ2) is 8.47. The van der Waals surface area contributed by atoms with Crippen LogP contribution in [0.2, 0.25) is 0 Å². The zero-order valence-electron chi connectivity index (χ0n) is 17.1. The summed E-state index contributed by atoms with van der Waals surface area (Å²) in [6.07, 6.45) is 3.47. The molecule has 5 rings (SSSR count). The molecule has 1 amide bonds. The van der Waals surface area contributed by atoms with Crippen molar-refractivity contribution in [2.75, 3.05) is 11.6 Å². The number of hydrazone groups is 1. The number of carbonyl (C=O) groups is 1. The number of hydrogen-bond acceptors (Lipinski definition) is 5. The van der Waals surface area contributed by atoms with Crippen LogP contribution in [-0.2, 0) is 11.2 Å². The van der Waals surface area contributed by atoms with Gasteiger partial charge in [0.15, 0.2) is 4.77 Å². The van der Waals surface area contributed by atoms with E-state index >= 15 is 0 Å². The van der Waals surface area contributed by atoms with Crippen molar-refractivity contribution in [3.05, 3.63) is 76.8 Å². The number of hydrogen-bond donors (Lipinski definition) is 2. The van der Waals surface area contributed by atoms with E-state index in [-0.39, 0.29) is 11.9 Å². The zero-order chi connectivity index (χ0) is 21.2. The van der Waals surface area contributed by atoms with Gasteiger partial charge in [-0.15, -0.1) is 0 Å². The third kappa shape index (κ3) is 4.16. The minimum absolute atomic E-state index is 0.00418. The Labute approximate surface area is 185 Å². The highest BCUT2D eigenvalue weighted by Gasteiger charge is 2.32. The molecule has 2 heterocycles. The standard InChI is InChI=1S/C23H24N6OS/c30-22(24-14-13-21-25-26-23(31)28(21)17-11-12-17)19-15-20(16-7-3-1-4-8-16)29(27-19)18-9-5-2-6-10-18/h1-10,17,20H,11-15H2,(H,24,30)(H,26,31). The molecule has 158 valence electrons. The number of amides is 1. The number of anilines is 1. The average Bonchev–Trinajstić information content (AvgIpc) is 3.42. The molecule has 1 aliphatic carbocycles. The van der Waals surface area contributed by atoms with Gasteiger partial charge < -0.3 is 9.88 Å². The van der Waals surface area contributed by atoms with Gasteiger partial charge in [-0.25, -0.2) is 0 Å². The number of aromatic amines is 1. The van der Waals surface area contributed by atoms with E-state index in [9.17, 15) is 4.79 Å². The molecule has 2 N–H and O–H groups in total. The Kier molecular flexibility index (Phi) is 5.38. The van der Waals surface area contributed by atoms with Crippen molar-refractivity contribution in [3.63, 3.8) is 0 Å². The zero-order valence-corrected chi connectivity index (χ0v) is 17.9. The van der Waals surface area contributed by atoms with Crippen LogP contribution in [0.4, 0.5) is 5.69 Å². The second-order valence-electron chi connectivity index (χ2n) is 7.91. The predicted molar refractivity (Wildman–Crippen MR) is 123 cm³/mol. The lowest BCUT2D eigenvalue weighted by molar-refractivity contribution is -0.114. The summed E-state index contributed by atoms with van der Waals surface area (Å²) in [5, 5.41) is 16.9. The number of carbonyl (C=O) groups excluding carboxylic acids is 1. The normalized spacial score (nSPS) is 18.1. The summed E-state index contributed by atoms with van der Waals surface area (Å²) in [7, 11) is 0. The maximum absolute atomic E-state index is 12.9. The topological polar surface area (TPSA) is 78.3 Å².